The van der Waals surface area contributed by atoms with Crippen molar-refractivity contribution >= 4 is 19.7 Å². The minimum absolute atomic E-state index is 0.126. The first-order valence-electron chi connectivity index (χ1n) is 4.23. The van der Waals surface area contributed by atoms with Gasteiger partial charge in [-0.2, -0.15) is 0 Å². The Morgan fingerprint density at radius 1 is 1.44 bits per heavy atom. The van der Waals surface area contributed by atoms with Crippen molar-refractivity contribution in [1.29, 1.82) is 0 Å². The predicted octanol–water partition coefficient (Wildman–Crippen LogP) is 2.71. The van der Waals surface area contributed by atoms with Gasteiger partial charge in [-0.05, 0) is 24.1 Å². The average Bonchev–Trinajstić information content (AvgIpc) is 2.07. The first kappa shape index (κ1) is 13.2. The molecule has 16 heavy (non-hydrogen) atoms. The maximum Gasteiger partial charge on any atom is 0.267 e. The van der Waals surface area contributed by atoms with E-state index in [1.54, 1.807) is 0 Å². The van der Waals surface area contributed by atoms with Crippen molar-refractivity contribution in [2.24, 2.45) is 0 Å². The van der Waals surface area contributed by atoms with E-state index in [1.165, 1.54) is 13.0 Å². The van der Waals surface area contributed by atoms with E-state index in [4.69, 9.17) is 10.7 Å². The molecule has 0 aliphatic carbocycles. The summed E-state index contributed by atoms with van der Waals surface area (Å²) in [6.07, 6.45) is -2.86. The minimum atomic E-state index is -3.80. The maximum absolute atomic E-state index is 12.5. The summed E-state index contributed by atoms with van der Waals surface area (Å²) in [5.74, 6) is -1.07. The van der Waals surface area contributed by atoms with Gasteiger partial charge in [-0.3, -0.25) is 0 Å². The lowest BCUT2D eigenvalue weighted by molar-refractivity contribution is 0.147. The van der Waals surface area contributed by atoms with E-state index in [1.807, 2.05) is 0 Å². The van der Waals surface area contributed by atoms with E-state index in [-0.39, 0.29) is 11.1 Å². The summed E-state index contributed by atoms with van der Waals surface area (Å²) in [6, 6.07) is 2.24. The summed E-state index contributed by atoms with van der Waals surface area (Å²) < 4.78 is 46.5. The number of hydrogen-bond donors (Lipinski definition) is 1. The van der Waals surface area contributed by atoms with Gasteiger partial charge in [0.1, 0.15) is 5.75 Å². The Kier molecular flexibility index (Phi) is 3.75. The van der Waals surface area contributed by atoms with E-state index < -0.39 is 32.5 Å². The van der Waals surface area contributed by atoms with E-state index in [0.29, 0.717) is 0 Å². The zero-order chi connectivity index (χ0) is 12.5. The first-order chi connectivity index (χ1) is 7.20. The summed E-state index contributed by atoms with van der Waals surface area (Å²) in [7, 11) is 1.21. The Balaban J connectivity index is 3.24. The molecular formula is C9H9ClF2O3S. The van der Waals surface area contributed by atoms with Crippen LogP contribution in [0.25, 0.3) is 0 Å². The average molecular weight is 271 g/mol. The maximum atomic E-state index is 12.5. The molecule has 1 rings (SSSR count). The lowest BCUT2D eigenvalue weighted by Gasteiger charge is -2.09. The molecule has 0 aliphatic rings. The molecule has 0 aromatic heterocycles. The number of halogens is 3. The Morgan fingerprint density at radius 3 is 2.44 bits per heavy atom. The Labute approximate surface area is 96.1 Å². The normalized spacial score (nSPS) is 12.1. The van der Waals surface area contributed by atoms with Crippen LogP contribution in [0.4, 0.5) is 8.78 Å². The first-order valence-corrected chi connectivity index (χ1v) is 6.71. The molecule has 0 atom stereocenters. The van der Waals surface area contributed by atoms with Gasteiger partial charge in [0, 0.05) is 10.7 Å². The standard InChI is InChI=1S/C9H9ClF2O3S/c1-5-2-6(4-16(10,14)15)3-7(8(5)13)9(11)12/h2-3,9,13H,4H2,1H3. The van der Waals surface area contributed by atoms with Crippen molar-refractivity contribution in [2.75, 3.05) is 0 Å². The highest BCUT2D eigenvalue weighted by Gasteiger charge is 2.17. The molecule has 0 aliphatic heterocycles. The van der Waals surface area contributed by atoms with Crippen LogP contribution >= 0.6 is 10.7 Å². The van der Waals surface area contributed by atoms with Crippen molar-refractivity contribution < 1.29 is 22.3 Å². The zero-order valence-corrected chi connectivity index (χ0v) is 9.82. The van der Waals surface area contributed by atoms with Crippen LogP contribution in [0.5, 0.6) is 5.75 Å². The molecule has 0 unspecified atom stereocenters. The van der Waals surface area contributed by atoms with Gasteiger partial charge in [-0.25, -0.2) is 17.2 Å². The number of phenols is 1. The van der Waals surface area contributed by atoms with Gasteiger partial charge in [0.2, 0.25) is 9.05 Å². The molecule has 7 heteroatoms. The molecule has 3 nitrogen and oxygen atoms in total. The number of rotatable bonds is 3. The Morgan fingerprint density at radius 2 is 2.00 bits per heavy atom. The fourth-order valence-electron chi connectivity index (χ4n) is 1.33. The topological polar surface area (TPSA) is 54.4 Å². The highest BCUT2D eigenvalue weighted by molar-refractivity contribution is 8.13. The predicted molar refractivity (Wildman–Crippen MR) is 56.3 cm³/mol. The van der Waals surface area contributed by atoms with Crippen LogP contribution in [0, 0.1) is 6.92 Å². The molecule has 1 aromatic carbocycles. The van der Waals surface area contributed by atoms with Gasteiger partial charge in [0.15, 0.2) is 0 Å². The number of hydrogen-bond acceptors (Lipinski definition) is 3. The number of alkyl halides is 2. The number of phenolic OH excluding ortho intramolecular Hbond substituents is 1. The molecular weight excluding hydrogens is 262 g/mol. The van der Waals surface area contributed by atoms with Crippen LogP contribution in [0.3, 0.4) is 0 Å². The third-order valence-electron chi connectivity index (χ3n) is 1.96. The molecule has 0 fully saturated rings. The molecule has 90 valence electrons. The number of aromatic hydroxyl groups is 1. The van der Waals surface area contributed by atoms with Crippen molar-refractivity contribution in [3.8, 4) is 5.75 Å². The van der Waals surface area contributed by atoms with Gasteiger partial charge in [-0.15, -0.1) is 0 Å². The van der Waals surface area contributed by atoms with Crippen LogP contribution in [-0.4, -0.2) is 13.5 Å². The van der Waals surface area contributed by atoms with Crippen molar-refractivity contribution in [3.63, 3.8) is 0 Å². The Hall–Kier alpha value is -0.880. The largest absolute Gasteiger partial charge is 0.507 e. The van der Waals surface area contributed by atoms with E-state index in [9.17, 15) is 22.3 Å². The highest BCUT2D eigenvalue weighted by atomic mass is 35.7. The van der Waals surface area contributed by atoms with Crippen LogP contribution in [-0.2, 0) is 14.8 Å². The molecule has 0 heterocycles. The third kappa shape index (κ3) is 3.31. The fourth-order valence-corrected chi connectivity index (χ4v) is 2.28. The van der Waals surface area contributed by atoms with Crippen molar-refractivity contribution in [1.82, 2.24) is 0 Å². The molecule has 0 spiro atoms. The molecule has 1 N–H and O–H groups in total. The van der Waals surface area contributed by atoms with Crippen molar-refractivity contribution in [3.05, 3.63) is 28.8 Å². The third-order valence-corrected chi connectivity index (χ3v) is 2.97. The highest BCUT2D eigenvalue weighted by Crippen LogP contribution is 2.32. The SMILES string of the molecule is Cc1cc(CS(=O)(=O)Cl)cc(C(F)F)c1O. The molecule has 0 saturated carbocycles. The minimum Gasteiger partial charge on any atom is -0.507 e. The second-order valence-electron chi connectivity index (χ2n) is 3.33. The van der Waals surface area contributed by atoms with Gasteiger partial charge >= 0.3 is 0 Å². The summed E-state index contributed by atoms with van der Waals surface area (Å²) in [4.78, 5) is 0. The van der Waals surface area contributed by atoms with Gasteiger partial charge in [0.25, 0.3) is 6.43 Å². The van der Waals surface area contributed by atoms with E-state index in [2.05, 4.69) is 0 Å². The van der Waals surface area contributed by atoms with Gasteiger partial charge in [-0.1, -0.05) is 6.07 Å². The molecule has 0 amide bonds. The second kappa shape index (κ2) is 4.55. The summed E-state index contributed by atoms with van der Waals surface area (Å²) in [6.45, 7) is 1.41. The molecule has 0 radical (unpaired) electrons. The lowest BCUT2D eigenvalue weighted by Crippen LogP contribution is -1.98. The lowest BCUT2D eigenvalue weighted by atomic mass is 10.1. The smallest absolute Gasteiger partial charge is 0.267 e. The van der Waals surface area contributed by atoms with Crippen LogP contribution < -0.4 is 0 Å². The summed E-state index contributed by atoms with van der Waals surface area (Å²) in [5, 5.41) is 9.33. The molecule has 0 bridgehead atoms. The Bertz CT molecular complexity index is 500. The van der Waals surface area contributed by atoms with Gasteiger partial charge in [0.05, 0.1) is 11.3 Å². The van der Waals surface area contributed by atoms with Gasteiger partial charge < -0.3 is 5.11 Å². The van der Waals surface area contributed by atoms with Crippen LogP contribution in [0.15, 0.2) is 12.1 Å². The summed E-state index contributed by atoms with van der Waals surface area (Å²) >= 11 is 0. The molecule has 0 saturated heterocycles. The monoisotopic (exact) mass is 270 g/mol. The van der Waals surface area contributed by atoms with Crippen LogP contribution in [0.1, 0.15) is 23.1 Å². The number of aryl methyl sites for hydroxylation is 1. The van der Waals surface area contributed by atoms with E-state index in [0.717, 1.165) is 6.07 Å². The van der Waals surface area contributed by atoms with Crippen LogP contribution in [0.2, 0.25) is 0 Å². The molecule has 1 aromatic rings. The summed E-state index contributed by atoms with van der Waals surface area (Å²) in [5.41, 5.74) is -0.274. The van der Waals surface area contributed by atoms with Crippen molar-refractivity contribution in [2.45, 2.75) is 19.1 Å². The quantitative estimate of drug-likeness (QED) is 0.859. The zero-order valence-electron chi connectivity index (χ0n) is 8.25. The van der Waals surface area contributed by atoms with E-state index >= 15 is 0 Å². The second-order valence-corrected chi connectivity index (χ2v) is 6.11. The fraction of sp³-hybridized carbons (Fsp3) is 0.333. The number of benzene rings is 1.